The predicted octanol–water partition coefficient (Wildman–Crippen LogP) is 0.621. The summed E-state index contributed by atoms with van der Waals surface area (Å²) < 4.78 is 13.0. The Hall–Kier alpha value is -2.18. The second kappa shape index (κ2) is 5.21. The molecular formula is C12H14FN3O3. The van der Waals surface area contributed by atoms with Gasteiger partial charge >= 0.3 is 5.97 Å². The highest BCUT2D eigenvalue weighted by atomic mass is 19.1. The van der Waals surface area contributed by atoms with Crippen LogP contribution in [0.2, 0.25) is 0 Å². The van der Waals surface area contributed by atoms with Gasteiger partial charge in [0.25, 0.3) is 0 Å². The zero-order valence-electron chi connectivity index (χ0n) is 10.2. The molecule has 6 nitrogen and oxygen atoms in total. The monoisotopic (exact) mass is 267 g/mol. The largest absolute Gasteiger partial charge is 0.478 e. The van der Waals surface area contributed by atoms with Crippen LogP contribution in [-0.2, 0) is 4.79 Å². The molecule has 7 heteroatoms. The second-order valence-corrected chi connectivity index (χ2v) is 4.49. The lowest BCUT2D eigenvalue weighted by molar-refractivity contribution is -0.122. The van der Waals surface area contributed by atoms with Crippen LogP contribution in [0.3, 0.4) is 0 Å². The van der Waals surface area contributed by atoms with Crippen molar-refractivity contribution in [1.29, 1.82) is 0 Å². The Morgan fingerprint density at radius 3 is 2.58 bits per heavy atom. The van der Waals surface area contributed by atoms with Crippen molar-refractivity contribution in [3.8, 4) is 0 Å². The summed E-state index contributed by atoms with van der Waals surface area (Å²) in [6.07, 6.45) is 2.09. The Balaban J connectivity index is 2.20. The molecule has 0 unspecified atom stereocenters. The van der Waals surface area contributed by atoms with E-state index < -0.39 is 11.8 Å². The number of piperidine rings is 1. The Morgan fingerprint density at radius 1 is 1.42 bits per heavy atom. The zero-order chi connectivity index (χ0) is 14.0. The van der Waals surface area contributed by atoms with Crippen molar-refractivity contribution < 1.29 is 19.1 Å². The molecule has 1 amide bonds. The number of nitrogens with two attached hydrogens (primary N) is 1. The van der Waals surface area contributed by atoms with Gasteiger partial charge in [0, 0.05) is 19.0 Å². The highest BCUT2D eigenvalue weighted by Crippen LogP contribution is 2.25. The minimum Gasteiger partial charge on any atom is -0.478 e. The van der Waals surface area contributed by atoms with Crippen LogP contribution >= 0.6 is 0 Å². The topological polar surface area (TPSA) is 96.5 Å². The normalized spacial score (nSPS) is 16.4. The van der Waals surface area contributed by atoms with Gasteiger partial charge in [0.05, 0.1) is 6.20 Å². The summed E-state index contributed by atoms with van der Waals surface area (Å²) in [6, 6.07) is 0.949. The summed E-state index contributed by atoms with van der Waals surface area (Å²) >= 11 is 0. The molecule has 1 aromatic rings. The van der Waals surface area contributed by atoms with Gasteiger partial charge in [-0.2, -0.15) is 0 Å². The number of pyridine rings is 1. The van der Waals surface area contributed by atoms with Crippen LogP contribution in [0.25, 0.3) is 0 Å². The summed E-state index contributed by atoms with van der Waals surface area (Å²) in [4.78, 5) is 27.7. The predicted molar refractivity (Wildman–Crippen MR) is 65.3 cm³/mol. The molecule has 3 N–H and O–H groups in total. The Labute approximate surface area is 109 Å². The van der Waals surface area contributed by atoms with Gasteiger partial charge < -0.3 is 15.7 Å². The molecule has 0 bridgehead atoms. The minimum atomic E-state index is -1.22. The number of carbonyl (C=O) groups is 2. The van der Waals surface area contributed by atoms with E-state index in [1.807, 2.05) is 0 Å². The van der Waals surface area contributed by atoms with E-state index in [1.54, 1.807) is 4.90 Å². The third-order valence-corrected chi connectivity index (χ3v) is 3.26. The first kappa shape index (κ1) is 13.3. The molecule has 2 heterocycles. The molecule has 1 aliphatic heterocycles. The van der Waals surface area contributed by atoms with Crippen molar-refractivity contribution in [2.75, 3.05) is 18.0 Å². The van der Waals surface area contributed by atoms with E-state index in [2.05, 4.69) is 4.98 Å². The van der Waals surface area contributed by atoms with Crippen LogP contribution in [-0.4, -0.2) is 35.1 Å². The molecule has 0 aliphatic carbocycles. The smallest absolute Gasteiger partial charge is 0.339 e. The first-order valence-corrected chi connectivity index (χ1v) is 5.92. The number of aromatic nitrogens is 1. The van der Waals surface area contributed by atoms with Crippen LogP contribution in [0.4, 0.5) is 10.2 Å². The quantitative estimate of drug-likeness (QED) is 0.836. The molecule has 2 rings (SSSR count). The maximum atomic E-state index is 13.0. The number of carbonyl (C=O) groups excluding carboxylic acids is 1. The second-order valence-electron chi connectivity index (χ2n) is 4.49. The molecule has 1 aliphatic rings. The number of halogens is 1. The van der Waals surface area contributed by atoms with Crippen molar-refractivity contribution in [2.24, 2.45) is 11.7 Å². The van der Waals surface area contributed by atoms with Crippen LogP contribution in [0.15, 0.2) is 12.3 Å². The number of hydrogen-bond acceptors (Lipinski definition) is 4. The Morgan fingerprint density at radius 2 is 2.05 bits per heavy atom. The molecule has 1 saturated heterocycles. The summed E-state index contributed by atoms with van der Waals surface area (Å²) in [5.41, 5.74) is 5.06. The number of hydrogen-bond donors (Lipinski definition) is 2. The number of carboxylic acids is 1. The molecule has 19 heavy (non-hydrogen) atoms. The van der Waals surface area contributed by atoms with Crippen LogP contribution in [0.5, 0.6) is 0 Å². The lowest BCUT2D eigenvalue weighted by Gasteiger charge is -2.32. The van der Waals surface area contributed by atoms with Gasteiger partial charge in [-0.1, -0.05) is 0 Å². The summed E-state index contributed by atoms with van der Waals surface area (Å²) in [5.74, 6) is -2.21. The third-order valence-electron chi connectivity index (χ3n) is 3.26. The molecule has 0 spiro atoms. The van der Waals surface area contributed by atoms with Gasteiger partial charge in [-0.3, -0.25) is 4.79 Å². The lowest BCUT2D eigenvalue weighted by Crippen LogP contribution is -2.39. The van der Waals surface area contributed by atoms with Crippen molar-refractivity contribution in [2.45, 2.75) is 12.8 Å². The molecule has 0 saturated carbocycles. The fourth-order valence-electron chi connectivity index (χ4n) is 2.22. The number of carboxylic acid groups (broad SMARTS) is 1. The van der Waals surface area contributed by atoms with Crippen LogP contribution in [0.1, 0.15) is 23.2 Å². The molecular weight excluding hydrogens is 253 g/mol. The van der Waals surface area contributed by atoms with Crippen LogP contribution in [0, 0.1) is 11.7 Å². The Bertz CT molecular complexity index is 513. The summed E-state index contributed by atoms with van der Waals surface area (Å²) in [5, 5.41) is 9.05. The van der Waals surface area contributed by atoms with Crippen molar-refractivity contribution in [3.05, 3.63) is 23.6 Å². The fourth-order valence-corrected chi connectivity index (χ4v) is 2.22. The third kappa shape index (κ3) is 2.81. The molecule has 0 radical (unpaired) electrons. The molecule has 0 aromatic carbocycles. The number of nitrogens with zero attached hydrogens (tertiary/aromatic N) is 2. The summed E-state index contributed by atoms with van der Waals surface area (Å²) in [6.45, 7) is 0.957. The molecule has 1 aromatic heterocycles. The first-order chi connectivity index (χ1) is 8.99. The summed E-state index contributed by atoms with van der Waals surface area (Å²) in [7, 11) is 0. The molecule has 102 valence electrons. The van der Waals surface area contributed by atoms with Gasteiger partial charge in [0.2, 0.25) is 5.91 Å². The van der Waals surface area contributed by atoms with Gasteiger partial charge in [-0.15, -0.1) is 0 Å². The van der Waals surface area contributed by atoms with E-state index in [0.29, 0.717) is 25.9 Å². The number of aromatic carboxylic acids is 1. The van der Waals surface area contributed by atoms with E-state index in [0.717, 1.165) is 12.3 Å². The highest BCUT2D eigenvalue weighted by Gasteiger charge is 2.26. The van der Waals surface area contributed by atoms with E-state index in [-0.39, 0.29) is 23.2 Å². The molecule has 1 fully saturated rings. The molecule has 0 atom stereocenters. The van der Waals surface area contributed by atoms with E-state index >= 15 is 0 Å². The average molecular weight is 267 g/mol. The van der Waals surface area contributed by atoms with E-state index in [1.165, 1.54) is 0 Å². The van der Waals surface area contributed by atoms with Crippen LogP contribution < -0.4 is 10.6 Å². The van der Waals surface area contributed by atoms with E-state index in [4.69, 9.17) is 10.8 Å². The Kier molecular flexibility index (Phi) is 3.64. The van der Waals surface area contributed by atoms with Crippen molar-refractivity contribution >= 4 is 17.7 Å². The van der Waals surface area contributed by atoms with Gasteiger partial charge in [-0.25, -0.2) is 14.2 Å². The van der Waals surface area contributed by atoms with Gasteiger partial charge in [0.15, 0.2) is 0 Å². The average Bonchev–Trinajstić information content (AvgIpc) is 2.38. The van der Waals surface area contributed by atoms with E-state index in [9.17, 15) is 14.0 Å². The SMILES string of the molecule is NC(=O)C1CCN(c2ncc(F)cc2C(=O)O)CC1. The standard InChI is InChI=1S/C12H14FN3O3/c13-8-5-9(12(18)19)11(15-6-8)16-3-1-7(2-4-16)10(14)17/h5-7H,1-4H2,(H2,14,17)(H,18,19). The maximum absolute atomic E-state index is 13.0. The number of anilines is 1. The lowest BCUT2D eigenvalue weighted by atomic mass is 9.96. The maximum Gasteiger partial charge on any atom is 0.339 e. The fraction of sp³-hybridized carbons (Fsp3) is 0.417. The van der Waals surface area contributed by atoms with Gasteiger partial charge in [0.1, 0.15) is 17.2 Å². The number of amides is 1. The number of primary amides is 1. The van der Waals surface area contributed by atoms with Crippen molar-refractivity contribution in [1.82, 2.24) is 4.98 Å². The zero-order valence-corrected chi connectivity index (χ0v) is 10.2. The van der Waals surface area contributed by atoms with Gasteiger partial charge in [-0.05, 0) is 18.9 Å². The first-order valence-electron chi connectivity index (χ1n) is 5.92. The minimum absolute atomic E-state index is 0.169. The highest BCUT2D eigenvalue weighted by molar-refractivity contribution is 5.93. The van der Waals surface area contributed by atoms with Crippen molar-refractivity contribution in [3.63, 3.8) is 0 Å². The number of rotatable bonds is 3.